The normalized spacial score (nSPS) is 12.8. The van der Waals surface area contributed by atoms with E-state index >= 15 is 0 Å². The van der Waals surface area contributed by atoms with Gasteiger partial charge in [0.15, 0.2) is 0 Å². The average Bonchev–Trinajstić information content (AvgIpc) is 2.14. The molecule has 0 radical (unpaired) electrons. The lowest BCUT2D eigenvalue weighted by Crippen LogP contribution is -2.28. The Morgan fingerprint density at radius 1 is 1.54 bits per heavy atom. The zero-order valence-corrected chi connectivity index (χ0v) is 8.12. The van der Waals surface area contributed by atoms with Gasteiger partial charge in [-0.3, -0.25) is 4.98 Å². The molecule has 1 aromatic rings. The number of aryl methyl sites for hydroxylation is 1. The van der Waals surface area contributed by atoms with Crippen molar-refractivity contribution in [2.75, 3.05) is 6.61 Å². The highest BCUT2D eigenvalue weighted by Crippen LogP contribution is 2.00. The van der Waals surface area contributed by atoms with Crippen LogP contribution in [-0.2, 0) is 6.54 Å². The number of pyridine rings is 1. The molecule has 0 aliphatic carbocycles. The summed E-state index contributed by atoms with van der Waals surface area (Å²) in [5.74, 6) is 0. The van der Waals surface area contributed by atoms with Crippen LogP contribution in [0, 0.1) is 6.92 Å². The van der Waals surface area contributed by atoms with Crippen LogP contribution in [0.5, 0.6) is 0 Å². The summed E-state index contributed by atoms with van der Waals surface area (Å²) in [6, 6.07) is 2.23. The summed E-state index contributed by atoms with van der Waals surface area (Å²) in [6.07, 6.45) is 3.67. The van der Waals surface area contributed by atoms with Crippen LogP contribution in [0.15, 0.2) is 18.5 Å². The van der Waals surface area contributed by atoms with Crippen LogP contribution in [0.2, 0.25) is 0 Å². The lowest BCUT2D eigenvalue weighted by atomic mass is 10.2. The van der Waals surface area contributed by atoms with Gasteiger partial charge in [0.05, 0.1) is 6.61 Å². The second-order valence-electron chi connectivity index (χ2n) is 3.34. The summed E-state index contributed by atoms with van der Waals surface area (Å²) in [5, 5.41) is 12.0. The van der Waals surface area contributed by atoms with E-state index in [9.17, 15) is 0 Å². The Morgan fingerprint density at radius 3 is 2.92 bits per heavy atom. The van der Waals surface area contributed by atoms with Gasteiger partial charge in [-0.15, -0.1) is 0 Å². The third-order valence-corrected chi connectivity index (χ3v) is 1.86. The zero-order valence-electron chi connectivity index (χ0n) is 8.12. The molecule has 72 valence electrons. The van der Waals surface area contributed by atoms with Crippen LogP contribution in [0.25, 0.3) is 0 Å². The summed E-state index contributed by atoms with van der Waals surface area (Å²) in [5.41, 5.74) is 2.32. The summed E-state index contributed by atoms with van der Waals surface area (Å²) in [6.45, 7) is 4.89. The fourth-order valence-electron chi connectivity index (χ4n) is 1.07. The van der Waals surface area contributed by atoms with Gasteiger partial charge in [0.2, 0.25) is 0 Å². The molecule has 3 nitrogen and oxygen atoms in total. The van der Waals surface area contributed by atoms with Gasteiger partial charge in [-0.1, -0.05) is 6.07 Å². The number of aromatic nitrogens is 1. The van der Waals surface area contributed by atoms with Crippen molar-refractivity contribution in [1.82, 2.24) is 10.3 Å². The third-order valence-electron chi connectivity index (χ3n) is 1.86. The molecule has 2 N–H and O–H groups in total. The van der Waals surface area contributed by atoms with Gasteiger partial charge in [-0.05, 0) is 25.0 Å². The molecule has 13 heavy (non-hydrogen) atoms. The van der Waals surface area contributed by atoms with E-state index in [-0.39, 0.29) is 12.6 Å². The Kier molecular flexibility index (Phi) is 3.86. The molecule has 1 rings (SSSR count). The van der Waals surface area contributed by atoms with Gasteiger partial charge in [0, 0.05) is 25.0 Å². The van der Waals surface area contributed by atoms with Crippen LogP contribution < -0.4 is 5.32 Å². The SMILES string of the molecule is Cc1cncc(CNC(C)CO)c1. The number of aliphatic hydroxyl groups is 1. The van der Waals surface area contributed by atoms with Crippen LogP contribution in [0.3, 0.4) is 0 Å². The van der Waals surface area contributed by atoms with E-state index in [1.807, 2.05) is 26.2 Å². The fraction of sp³-hybridized carbons (Fsp3) is 0.500. The minimum atomic E-state index is 0.139. The molecular formula is C10H16N2O. The van der Waals surface area contributed by atoms with Crippen molar-refractivity contribution in [3.8, 4) is 0 Å². The van der Waals surface area contributed by atoms with Gasteiger partial charge in [-0.25, -0.2) is 0 Å². The molecule has 3 heteroatoms. The predicted molar refractivity (Wildman–Crippen MR) is 52.4 cm³/mol. The van der Waals surface area contributed by atoms with Gasteiger partial charge >= 0.3 is 0 Å². The van der Waals surface area contributed by atoms with Gasteiger partial charge in [-0.2, -0.15) is 0 Å². The van der Waals surface area contributed by atoms with Crippen molar-refractivity contribution in [1.29, 1.82) is 0 Å². The minimum absolute atomic E-state index is 0.139. The quantitative estimate of drug-likeness (QED) is 0.722. The highest BCUT2D eigenvalue weighted by molar-refractivity contribution is 5.16. The van der Waals surface area contributed by atoms with E-state index in [1.54, 1.807) is 0 Å². The van der Waals surface area contributed by atoms with Gasteiger partial charge < -0.3 is 10.4 Å². The highest BCUT2D eigenvalue weighted by Gasteiger charge is 1.98. The number of nitrogens with zero attached hydrogens (tertiary/aromatic N) is 1. The van der Waals surface area contributed by atoms with E-state index < -0.39 is 0 Å². The summed E-state index contributed by atoms with van der Waals surface area (Å²) in [4.78, 5) is 4.09. The Balaban J connectivity index is 2.45. The second-order valence-corrected chi connectivity index (χ2v) is 3.34. The predicted octanol–water partition coefficient (Wildman–Crippen LogP) is 0.860. The first-order valence-corrected chi connectivity index (χ1v) is 4.47. The van der Waals surface area contributed by atoms with E-state index in [1.165, 1.54) is 0 Å². The van der Waals surface area contributed by atoms with Crippen LogP contribution in [0.1, 0.15) is 18.1 Å². The molecule has 0 spiro atoms. The van der Waals surface area contributed by atoms with E-state index in [4.69, 9.17) is 5.11 Å². The van der Waals surface area contributed by atoms with Crippen molar-refractivity contribution in [2.24, 2.45) is 0 Å². The smallest absolute Gasteiger partial charge is 0.0582 e. The number of hydrogen-bond acceptors (Lipinski definition) is 3. The molecular weight excluding hydrogens is 164 g/mol. The maximum atomic E-state index is 8.79. The van der Waals surface area contributed by atoms with Gasteiger partial charge in [0.1, 0.15) is 0 Å². The summed E-state index contributed by atoms with van der Waals surface area (Å²) >= 11 is 0. The second kappa shape index (κ2) is 4.94. The maximum Gasteiger partial charge on any atom is 0.0582 e. The Bertz CT molecular complexity index is 263. The molecule has 1 aromatic heterocycles. The standard InChI is InChI=1S/C10H16N2O/c1-8-3-10(5-11-4-8)6-12-9(2)7-13/h3-5,9,12-13H,6-7H2,1-2H3. The summed E-state index contributed by atoms with van der Waals surface area (Å²) in [7, 11) is 0. The maximum absolute atomic E-state index is 8.79. The van der Waals surface area contributed by atoms with Crippen molar-refractivity contribution in [3.05, 3.63) is 29.6 Å². The molecule has 0 aromatic carbocycles. The van der Waals surface area contributed by atoms with Gasteiger partial charge in [0.25, 0.3) is 0 Å². The molecule has 1 atom stereocenters. The topological polar surface area (TPSA) is 45.2 Å². The molecule has 1 unspecified atom stereocenters. The third kappa shape index (κ3) is 3.53. The highest BCUT2D eigenvalue weighted by atomic mass is 16.3. The van der Waals surface area contributed by atoms with E-state index in [0.29, 0.717) is 0 Å². The van der Waals surface area contributed by atoms with E-state index in [2.05, 4.69) is 16.4 Å². The van der Waals surface area contributed by atoms with E-state index in [0.717, 1.165) is 17.7 Å². The zero-order chi connectivity index (χ0) is 9.68. The van der Waals surface area contributed by atoms with Crippen molar-refractivity contribution >= 4 is 0 Å². The first kappa shape index (κ1) is 10.2. The number of hydrogen-bond donors (Lipinski definition) is 2. The van der Waals surface area contributed by atoms with Crippen molar-refractivity contribution in [3.63, 3.8) is 0 Å². The lowest BCUT2D eigenvalue weighted by molar-refractivity contribution is 0.251. The largest absolute Gasteiger partial charge is 0.395 e. The Morgan fingerprint density at radius 2 is 2.31 bits per heavy atom. The molecule has 0 saturated heterocycles. The first-order chi connectivity index (χ1) is 6.22. The Labute approximate surface area is 78.8 Å². The molecule has 1 heterocycles. The molecule has 0 amide bonds. The monoisotopic (exact) mass is 180 g/mol. The average molecular weight is 180 g/mol. The number of aliphatic hydroxyl groups excluding tert-OH is 1. The van der Waals surface area contributed by atoms with Crippen molar-refractivity contribution in [2.45, 2.75) is 26.4 Å². The number of nitrogens with one attached hydrogen (secondary N) is 1. The molecule has 0 aliphatic rings. The molecule has 0 saturated carbocycles. The fourth-order valence-corrected chi connectivity index (χ4v) is 1.07. The first-order valence-electron chi connectivity index (χ1n) is 4.47. The number of rotatable bonds is 4. The Hall–Kier alpha value is -0.930. The van der Waals surface area contributed by atoms with Crippen LogP contribution >= 0.6 is 0 Å². The molecule has 0 fully saturated rings. The molecule has 0 aliphatic heterocycles. The minimum Gasteiger partial charge on any atom is -0.395 e. The van der Waals surface area contributed by atoms with Crippen LogP contribution in [0.4, 0.5) is 0 Å². The van der Waals surface area contributed by atoms with Crippen LogP contribution in [-0.4, -0.2) is 22.7 Å². The molecule has 0 bridgehead atoms. The van der Waals surface area contributed by atoms with Crippen molar-refractivity contribution < 1.29 is 5.11 Å². The lowest BCUT2D eigenvalue weighted by Gasteiger charge is -2.10. The summed E-state index contributed by atoms with van der Waals surface area (Å²) < 4.78 is 0.